The first-order chi connectivity index (χ1) is 8.65. The molecular weight excluding hydrogens is 230 g/mol. The van der Waals surface area contributed by atoms with E-state index in [1.54, 1.807) is 12.1 Å². The van der Waals surface area contributed by atoms with Crippen molar-refractivity contribution in [1.29, 1.82) is 5.26 Å². The Morgan fingerprint density at radius 3 is 3.00 bits per heavy atom. The van der Waals surface area contributed by atoms with Gasteiger partial charge in [0.2, 0.25) is 5.91 Å². The van der Waals surface area contributed by atoms with E-state index >= 15 is 0 Å². The molecule has 0 aromatic heterocycles. The number of amides is 1. The molecular formula is C13H15N3O2. The van der Waals surface area contributed by atoms with Crippen LogP contribution >= 0.6 is 0 Å². The van der Waals surface area contributed by atoms with E-state index in [4.69, 9.17) is 15.7 Å². The summed E-state index contributed by atoms with van der Waals surface area (Å²) in [5, 5.41) is 11.9. The lowest BCUT2D eigenvalue weighted by Gasteiger charge is -2.30. The zero-order valence-electron chi connectivity index (χ0n) is 10.1. The molecule has 2 unspecified atom stereocenters. The van der Waals surface area contributed by atoms with Crippen LogP contribution in [0.5, 0.6) is 5.75 Å². The number of methoxy groups -OCH3 is 1. The molecule has 1 aromatic rings. The number of nitrogens with two attached hydrogens (primary N) is 1. The number of carbonyl (C=O) groups excluding carboxylic acids is 1. The monoisotopic (exact) mass is 245 g/mol. The van der Waals surface area contributed by atoms with Crippen molar-refractivity contribution >= 4 is 5.91 Å². The summed E-state index contributed by atoms with van der Waals surface area (Å²) in [6.07, 6.45) is 1.11. The maximum absolute atomic E-state index is 11.4. The van der Waals surface area contributed by atoms with Crippen molar-refractivity contribution in [2.24, 2.45) is 5.73 Å². The fourth-order valence-corrected chi connectivity index (χ4v) is 2.15. The molecule has 1 aromatic carbocycles. The lowest BCUT2D eigenvalue weighted by atomic mass is 9.92. The third kappa shape index (κ3) is 2.29. The summed E-state index contributed by atoms with van der Waals surface area (Å²) in [6, 6.07) is 6.99. The number of nitrogens with zero attached hydrogens (tertiary/aromatic N) is 1. The van der Waals surface area contributed by atoms with Crippen molar-refractivity contribution in [2.75, 3.05) is 7.11 Å². The van der Waals surface area contributed by atoms with Crippen molar-refractivity contribution in [3.63, 3.8) is 0 Å². The standard InChI is InChI=1S/C13H15N3O2/c1-18-11-4-2-8(6-9(11)7-14)13-10(15)3-5-12(17)16-13/h2,4,6,10,13H,3,5,15H2,1H3,(H,16,17). The summed E-state index contributed by atoms with van der Waals surface area (Å²) in [6.45, 7) is 0. The molecule has 0 radical (unpaired) electrons. The van der Waals surface area contributed by atoms with Crippen molar-refractivity contribution in [3.05, 3.63) is 29.3 Å². The Kier molecular flexibility index (Phi) is 3.49. The predicted molar refractivity (Wildman–Crippen MR) is 65.8 cm³/mol. The highest BCUT2D eigenvalue weighted by Crippen LogP contribution is 2.27. The first kappa shape index (κ1) is 12.4. The largest absolute Gasteiger partial charge is 0.495 e. The van der Waals surface area contributed by atoms with Crippen LogP contribution in [0.1, 0.15) is 30.0 Å². The number of benzene rings is 1. The van der Waals surface area contributed by atoms with Gasteiger partial charge in [0.15, 0.2) is 0 Å². The highest BCUT2D eigenvalue weighted by molar-refractivity contribution is 5.77. The van der Waals surface area contributed by atoms with Gasteiger partial charge in [-0.15, -0.1) is 0 Å². The van der Waals surface area contributed by atoms with Crippen LogP contribution in [-0.2, 0) is 4.79 Å². The van der Waals surface area contributed by atoms with E-state index in [2.05, 4.69) is 11.4 Å². The number of rotatable bonds is 2. The van der Waals surface area contributed by atoms with Gasteiger partial charge in [0.25, 0.3) is 0 Å². The molecule has 1 heterocycles. The minimum atomic E-state index is -0.232. The topological polar surface area (TPSA) is 88.1 Å². The summed E-state index contributed by atoms with van der Waals surface area (Å²) >= 11 is 0. The van der Waals surface area contributed by atoms with Gasteiger partial charge < -0.3 is 15.8 Å². The Bertz CT molecular complexity index is 507. The molecule has 2 rings (SSSR count). The van der Waals surface area contributed by atoms with Gasteiger partial charge in [-0.2, -0.15) is 5.26 Å². The fraction of sp³-hybridized carbons (Fsp3) is 0.385. The Labute approximate surface area is 106 Å². The molecule has 1 saturated heterocycles. The molecule has 1 amide bonds. The van der Waals surface area contributed by atoms with Gasteiger partial charge in [0.05, 0.1) is 18.7 Å². The second-order valence-corrected chi connectivity index (χ2v) is 4.32. The first-order valence-electron chi connectivity index (χ1n) is 5.78. The van der Waals surface area contributed by atoms with E-state index in [0.717, 1.165) is 5.56 Å². The van der Waals surface area contributed by atoms with Crippen LogP contribution in [0.15, 0.2) is 18.2 Å². The van der Waals surface area contributed by atoms with E-state index in [1.807, 2.05) is 6.07 Å². The number of hydrogen-bond donors (Lipinski definition) is 2. The molecule has 1 aliphatic rings. The Balaban J connectivity index is 2.33. The zero-order valence-corrected chi connectivity index (χ0v) is 10.1. The van der Waals surface area contributed by atoms with E-state index in [1.165, 1.54) is 7.11 Å². The molecule has 2 atom stereocenters. The minimum absolute atomic E-state index is 0.00368. The normalized spacial score (nSPS) is 23.1. The molecule has 0 saturated carbocycles. The van der Waals surface area contributed by atoms with Gasteiger partial charge in [-0.25, -0.2) is 0 Å². The molecule has 5 heteroatoms. The first-order valence-corrected chi connectivity index (χ1v) is 5.78. The van der Waals surface area contributed by atoms with E-state index in [9.17, 15) is 4.79 Å². The van der Waals surface area contributed by atoms with Crippen molar-refractivity contribution in [2.45, 2.75) is 24.9 Å². The highest BCUT2D eigenvalue weighted by Gasteiger charge is 2.27. The highest BCUT2D eigenvalue weighted by atomic mass is 16.5. The average Bonchev–Trinajstić information content (AvgIpc) is 2.40. The lowest BCUT2D eigenvalue weighted by molar-refractivity contribution is -0.123. The number of piperidine rings is 1. The smallest absolute Gasteiger partial charge is 0.220 e. The summed E-state index contributed by atoms with van der Waals surface area (Å²) in [5.74, 6) is 0.521. The van der Waals surface area contributed by atoms with Gasteiger partial charge in [0.1, 0.15) is 11.8 Å². The molecule has 18 heavy (non-hydrogen) atoms. The van der Waals surface area contributed by atoms with Gasteiger partial charge in [0, 0.05) is 12.5 Å². The second-order valence-electron chi connectivity index (χ2n) is 4.32. The zero-order chi connectivity index (χ0) is 13.1. The number of nitrogens with one attached hydrogen (secondary N) is 1. The predicted octanol–water partition coefficient (Wildman–Crippen LogP) is 0.845. The van der Waals surface area contributed by atoms with Crippen molar-refractivity contribution in [1.82, 2.24) is 5.32 Å². The maximum atomic E-state index is 11.4. The average molecular weight is 245 g/mol. The molecule has 0 spiro atoms. The van der Waals surface area contributed by atoms with Crippen LogP contribution in [0.4, 0.5) is 0 Å². The number of nitriles is 1. The molecule has 94 valence electrons. The molecule has 0 bridgehead atoms. The SMILES string of the molecule is COc1ccc(C2NC(=O)CCC2N)cc1C#N. The van der Waals surface area contributed by atoms with Gasteiger partial charge in [-0.1, -0.05) is 6.07 Å². The van der Waals surface area contributed by atoms with Gasteiger partial charge in [-0.3, -0.25) is 4.79 Å². The third-order valence-electron chi connectivity index (χ3n) is 3.15. The summed E-state index contributed by atoms with van der Waals surface area (Å²) in [4.78, 5) is 11.4. The summed E-state index contributed by atoms with van der Waals surface area (Å²) < 4.78 is 5.09. The van der Waals surface area contributed by atoms with Crippen LogP contribution < -0.4 is 15.8 Å². The Morgan fingerprint density at radius 1 is 1.56 bits per heavy atom. The fourth-order valence-electron chi connectivity index (χ4n) is 2.15. The number of carbonyl (C=O) groups is 1. The van der Waals surface area contributed by atoms with E-state index in [-0.39, 0.29) is 18.0 Å². The maximum Gasteiger partial charge on any atom is 0.220 e. The summed E-state index contributed by atoms with van der Waals surface area (Å²) in [7, 11) is 1.52. The number of hydrogen-bond acceptors (Lipinski definition) is 4. The van der Waals surface area contributed by atoms with Crippen LogP contribution in [-0.4, -0.2) is 19.1 Å². The quantitative estimate of drug-likeness (QED) is 0.808. The van der Waals surface area contributed by atoms with Crippen LogP contribution in [0.25, 0.3) is 0 Å². The Hall–Kier alpha value is -2.06. The van der Waals surface area contributed by atoms with Crippen LogP contribution in [0.2, 0.25) is 0 Å². The molecule has 1 fully saturated rings. The molecule has 5 nitrogen and oxygen atoms in total. The second kappa shape index (κ2) is 5.07. The van der Waals surface area contributed by atoms with Crippen LogP contribution in [0, 0.1) is 11.3 Å². The number of ether oxygens (including phenoxy) is 1. The van der Waals surface area contributed by atoms with Crippen molar-refractivity contribution < 1.29 is 9.53 Å². The van der Waals surface area contributed by atoms with Crippen molar-refractivity contribution in [3.8, 4) is 11.8 Å². The Morgan fingerprint density at radius 2 is 2.33 bits per heavy atom. The van der Waals surface area contributed by atoms with Gasteiger partial charge >= 0.3 is 0 Å². The van der Waals surface area contributed by atoms with Gasteiger partial charge in [-0.05, 0) is 24.1 Å². The molecule has 1 aliphatic heterocycles. The van der Waals surface area contributed by atoms with E-state index in [0.29, 0.717) is 24.2 Å². The lowest BCUT2D eigenvalue weighted by Crippen LogP contribution is -2.45. The molecule has 0 aliphatic carbocycles. The molecule has 3 N–H and O–H groups in total. The minimum Gasteiger partial charge on any atom is -0.495 e. The summed E-state index contributed by atoms with van der Waals surface area (Å²) in [5.41, 5.74) is 7.29. The van der Waals surface area contributed by atoms with Crippen LogP contribution in [0.3, 0.4) is 0 Å². The van der Waals surface area contributed by atoms with E-state index < -0.39 is 0 Å². The third-order valence-corrected chi connectivity index (χ3v) is 3.15.